The minimum absolute atomic E-state index is 0.132. The Bertz CT molecular complexity index is 1000. The van der Waals surface area contributed by atoms with Crippen molar-refractivity contribution in [1.82, 2.24) is 0 Å². The van der Waals surface area contributed by atoms with Crippen LogP contribution in [0.2, 0.25) is 0 Å². The van der Waals surface area contributed by atoms with Crippen molar-refractivity contribution in [3.05, 3.63) is 90.5 Å². The molecule has 0 aromatic heterocycles. The SMILES string of the molecule is CN(C(=NS(=O)(=O)c1ccccc1)c1ccccc1)c1ccc(O)cc1. The van der Waals surface area contributed by atoms with Crippen LogP contribution in [0.5, 0.6) is 5.75 Å². The van der Waals surface area contributed by atoms with E-state index in [4.69, 9.17) is 0 Å². The third-order valence-electron chi connectivity index (χ3n) is 3.83. The number of hydrogen-bond acceptors (Lipinski definition) is 3. The Hall–Kier alpha value is -3.12. The van der Waals surface area contributed by atoms with Crippen LogP contribution < -0.4 is 4.90 Å². The number of rotatable bonds is 4. The van der Waals surface area contributed by atoms with Crippen molar-refractivity contribution in [2.24, 2.45) is 4.40 Å². The zero-order valence-electron chi connectivity index (χ0n) is 14.1. The molecule has 5 nitrogen and oxygen atoms in total. The Morgan fingerprint density at radius 2 is 1.38 bits per heavy atom. The first-order valence-corrected chi connectivity index (χ1v) is 9.39. The summed E-state index contributed by atoms with van der Waals surface area (Å²) in [7, 11) is -2.14. The van der Waals surface area contributed by atoms with Crippen LogP contribution in [0.4, 0.5) is 5.69 Å². The maximum Gasteiger partial charge on any atom is 0.284 e. The highest BCUT2D eigenvalue weighted by molar-refractivity contribution is 7.90. The lowest BCUT2D eigenvalue weighted by Crippen LogP contribution is -2.28. The van der Waals surface area contributed by atoms with Crippen LogP contribution in [-0.2, 0) is 10.0 Å². The molecule has 0 unspecified atom stereocenters. The standard InChI is InChI=1S/C20H18N2O3S/c1-22(17-12-14-18(23)15-13-17)20(16-8-4-2-5-9-16)21-26(24,25)19-10-6-3-7-11-19/h2-15,23H,1H3. The van der Waals surface area contributed by atoms with E-state index in [2.05, 4.69) is 4.40 Å². The van der Waals surface area contributed by atoms with E-state index in [0.29, 0.717) is 17.1 Å². The molecule has 0 fully saturated rings. The van der Waals surface area contributed by atoms with Crippen LogP contribution in [0.1, 0.15) is 5.56 Å². The van der Waals surface area contributed by atoms with Crippen LogP contribution in [-0.4, -0.2) is 26.4 Å². The predicted octanol–water partition coefficient (Wildman–Crippen LogP) is 3.66. The first-order chi connectivity index (χ1) is 12.5. The molecule has 6 heteroatoms. The summed E-state index contributed by atoms with van der Waals surface area (Å²) in [6.07, 6.45) is 0. The molecule has 1 N–H and O–H groups in total. The van der Waals surface area contributed by atoms with E-state index in [1.54, 1.807) is 66.5 Å². The number of anilines is 1. The summed E-state index contributed by atoms with van der Waals surface area (Å²) in [6, 6.07) is 23.7. The van der Waals surface area contributed by atoms with Crippen molar-refractivity contribution in [3.8, 4) is 5.75 Å². The fraction of sp³-hybridized carbons (Fsp3) is 0.0500. The molecule has 26 heavy (non-hydrogen) atoms. The van der Waals surface area contributed by atoms with Crippen LogP contribution in [0, 0.1) is 0 Å². The fourth-order valence-corrected chi connectivity index (χ4v) is 3.51. The van der Waals surface area contributed by atoms with Crippen molar-refractivity contribution in [2.45, 2.75) is 4.90 Å². The number of benzene rings is 3. The molecule has 0 heterocycles. The minimum Gasteiger partial charge on any atom is -0.508 e. The van der Waals surface area contributed by atoms with Gasteiger partial charge in [0.25, 0.3) is 10.0 Å². The van der Waals surface area contributed by atoms with Gasteiger partial charge in [-0.3, -0.25) is 0 Å². The van der Waals surface area contributed by atoms with Gasteiger partial charge >= 0.3 is 0 Å². The molecule has 0 amide bonds. The minimum atomic E-state index is -3.87. The van der Waals surface area contributed by atoms with Crippen molar-refractivity contribution in [1.29, 1.82) is 0 Å². The molecule has 3 aromatic rings. The molecule has 0 spiro atoms. The first-order valence-electron chi connectivity index (χ1n) is 7.95. The average molecular weight is 366 g/mol. The zero-order valence-corrected chi connectivity index (χ0v) is 15.0. The van der Waals surface area contributed by atoms with Crippen LogP contribution in [0.25, 0.3) is 0 Å². The van der Waals surface area contributed by atoms with E-state index in [1.165, 1.54) is 12.1 Å². The zero-order chi connectivity index (χ0) is 18.6. The van der Waals surface area contributed by atoms with E-state index in [0.717, 1.165) is 0 Å². The molecular weight excluding hydrogens is 348 g/mol. The van der Waals surface area contributed by atoms with Crippen molar-refractivity contribution in [3.63, 3.8) is 0 Å². The van der Waals surface area contributed by atoms with Gasteiger partial charge in [-0.1, -0.05) is 48.5 Å². The average Bonchev–Trinajstić information content (AvgIpc) is 2.68. The van der Waals surface area contributed by atoms with Crippen molar-refractivity contribution in [2.75, 3.05) is 11.9 Å². The monoisotopic (exact) mass is 366 g/mol. The van der Waals surface area contributed by atoms with Gasteiger partial charge in [-0.15, -0.1) is 4.40 Å². The van der Waals surface area contributed by atoms with Crippen LogP contribution >= 0.6 is 0 Å². The van der Waals surface area contributed by atoms with E-state index >= 15 is 0 Å². The molecule has 0 aliphatic rings. The van der Waals surface area contributed by atoms with Gasteiger partial charge < -0.3 is 10.0 Å². The Kier molecular flexibility index (Phi) is 5.04. The van der Waals surface area contributed by atoms with Gasteiger partial charge in [0.2, 0.25) is 0 Å². The van der Waals surface area contributed by atoms with Gasteiger partial charge in [-0.25, -0.2) is 0 Å². The Morgan fingerprint density at radius 3 is 1.96 bits per heavy atom. The largest absolute Gasteiger partial charge is 0.508 e. The molecule has 3 aromatic carbocycles. The van der Waals surface area contributed by atoms with Gasteiger partial charge in [0, 0.05) is 18.3 Å². The number of sulfonamides is 1. The second-order valence-electron chi connectivity index (χ2n) is 5.64. The lowest BCUT2D eigenvalue weighted by molar-refractivity contribution is 0.475. The van der Waals surface area contributed by atoms with Crippen molar-refractivity contribution < 1.29 is 13.5 Å². The van der Waals surface area contributed by atoms with Crippen LogP contribution in [0.3, 0.4) is 0 Å². The molecule has 0 aliphatic carbocycles. The number of amidine groups is 1. The Balaban J connectivity index is 2.11. The number of aromatic hydroxyl groups is 1. The second kappa shape index (κ2) is 7.41. The van der Waals surface area contributed by atoms with Crippen molar-refractivity contribution >= 4 is 21.5 Å². The molecule has 0 saturated carbocycles. The number of phenolic OH excluding ortho intramolecular Hbond substituents is 1. The molecule has 132 valence electrons. The predicted molar refractivity (Wildman–Crippen MR) is 103 cm³/mol. The Morgan fingerprint density at radius 1 is 0.846 bits per heavy atom. The first kappa shape index (κ1) is 17.7. The fourth-order valence-electron chi connectivity index (χ4n) is 2.45. The number of phenols is 1. The topological polar surface area (TPSA) is 70.0 Å². The lowest BCUT2D eigenvalue weighted by Gasteiger charge is -2.21. The summed E-state index contributed by atoms with van der Waals surface area (Å²) < 4.78 is 29.6. The quantitative estimate of drug-likeness (QED) is 0.565. The lowest BCUT2D eigenvalue weighted by atomic mass is 10.2. The summed E-state index contributed by atoms with van der Waals surface area (Å²) >= 11 is 0. The molecule has 0 bridgehead atoms. The maximum atomic E-state index is 12.8. The normalized spacial score (nSPS) is 12.0. The van der Waals surface area contributed by atoms with Gasteiger partial charge in [-0.2, -0.15) is 8.42 Å². The third kappa shape index (κ3) is 3.92. The number of hydrogen-bond donors (Lipinski definition) is 1. The van der Waals surface area contributed by atoms with Gasteiger partial charge in [0.1, 0.15) is 5.75 Å². The van der Waals surface area contributed by atoms with E-state index < -0.39 is 10.0 Å². The van der Waals surface area contributed by atoms with E-state index in [1.807, 2.05) is 18.2 Å². The van der Waals surface area contributed by atoms with E-state index in [-0.39, 0.29) is 10.6 Å². The molecule has 0 saturated heterocycles. The summed E-state index contributed by atoms with van der Waals surface area (Å²) in [4.78, 5) is 1.81. The van der Waals surface area contributed by atoms with Gasteiger partial charge in [0.05, 0.1) is 4.90 Å². The summed E-state index contributed by atoms with van der Waals surface area (Å²) in [6.45, 7) is 0. The summed E-state index contributed by atoms with van der Waals surface area (Å²) in [5, 5.41) is 9.48. The molecule has 3 rings (SSSR count). The molecule has 0 radical (unpaired) electrons. The highest BCUT2D eigenvalue weighted by Gasteiger charge is 2.18. The number of nitrogens with zero attached hydrogens (tertiary/aromatic N) is 2. The Labute approximate surface area is 152 Å². The highest BCUT2D eigenvalue weighted by atomic mass is 32.2. The second-order valence-corrected chi connectivity index (χ2v) is 7.25. The summed E-state index contributed by atoms with van der Waals surface area (Å²) in [5.41, 5.74) is 1.37. The van der Waals surface area contributed by atoms with Crippen LogP contribution in [0.15, 0.2) is 94.2 Å². The third-order valence-corrected chi connectivity index (χ3v) is 5.12. The molecule has 0 aliphatic heterocycles. The molecule has 0 atom stereocenters. The van der Waals surface area contributed by atoms with E-state index in [9.17, 15) is 13.5 Å². The van der Waals surface area contributed by atoms with Gasteiger partial charge in [0.15, 0.2) is 5.84 Å². The molecular formula is C20H18N2O3S. The van der Waals surface area contributed by atoms with Gasteiger partial charge in [-0.05, 0) is 36.4 Å². The maximum absolute atomic E-state index is 12.8. The smallest absolute Gasteiger partial charge is 0.284 e. The summed E-state index contributed by atoms with van der Waals surface area (Å²) in [5.74, 6) is 0.428. The highest BCUT2D eigenvalue weighted by Crippen LogP contribution is 2.21.